The molecule has 0 atom stereocenters. The minimum Gasteiger partial charge on any atom is -0.486 e. The van der Waals surface area contributed by atoms with Crippen molar-refractivity contribution in [3.63, 3.8) is 0 Å². The van der Waals surface area contributed by atoms with Crippen LogP contribution >= 0.6 is 0 Å². The molecular weight excluding hydrogens is 475 g/mol. The average Bonchev–Trinajstić information content (AvgIpc) is 3.58. The van der Waals surface area contributed by atoms with Gasteiger partial charge in [0, 0.05) is 51.8 Å². The number of ether oxygens (including phenoxy) is 1. The van der Waals surface area contributed by atoms with Gasteiger partial charge in [0.1, 0.15) is 17.3 Å². The van der Waals surface area contributed by atoms with Crippen LogP contribution in [0.2, 0.25) is 0 Å². The molecule has 1 aromatic carbocycles. The number of anilines is 1. The molecule has 1 aliphatic carbocycles. The third-order valence-electron chi connectivity index (χ3n) is 6.14. The van der Waals surface area contributed by atoms with Crippen LogP contribution < -0.4 is 15.2 Å². The summed E-state index contributed by atoms with van der Waals surface area (Å²) in [5, 5.41) is 4.08. The van der Waals surface area contributed by atoms with E-state index in [0.717, 1.165) is 21.1 Å². The molecule has 2 fully saturated rings. The summed E-state index contributed by atoms with van der Waals surface area (Å²) in [6.07, 6.45) is 2.60. The van der Waals surface area contributed by atoms with E-state index in [1.807, 2.05) is 0 Å². The van der Waals surface area contributed by atoms with Gasteiger partial charge < -0.3 is 9.64 Å². The molecule has 1 aromatic heterocycles. The minimum atomic E-state index is -3.58. The van der Waals surface area contributed by atoms with Gasteiger partial charge in [-0.2, -0.15) is 26.8 Å². The summed E-state index contributed by atoms with van der Waals surface area (Å²) in [6.45, 7) is 0.258. The van der Waals surface area contributed by atoms with Crippen molar-refractivity contribution in [1.29, 1.82) is 0 Å². The molecular formula is C21H26F3N5O4S. The summed E-state index contributed by atoms with van der Waals surface area (Å²) in [6, 6.07) is 2.62. The predicted octanol–water partition coefficient (Wildman–Crippen LogP) is 1.57. The van der Waals surface area contributed by atoms with Crippen LogP contribution in [0.15, 0.2) is 29.2 Å². The molecule has 1 aliphatic heterocycles. The molecule has 0 spiro atoms. The Morgan fingerprint density at radius 2 is 1.71 bits per heavy atom. The van der Waals surface area contributed by atoms with Crippen molar-refractivity contribution in [3.8, 4) is 11.4 Å². The van der Waals surface area contributed by atoms with Crippen LogP contribution in [0.5, 0.6) is 5.75 Å². The molecule has 0 amide bonds. The Hall–Kier alpha value is -2.64. The maximum atomic E-state index is 13.7. The molecule has 1 saturated heterocycles. The van der Waals surface area contributed by atoms with E-state index in [0.29, 0.717) is 24.6 Å². The minimum absolute atomic E-state index is 0.0256. The number of rotatable bonds is 8. The van der Waals surface area contributed by atoms with E-state index in [-0.39, 0.29) is 44.2 Å². The van der Waals surface area contributed by atoms with E-state index in [9.17, 15) is 26.4 Å². The fraction of sp³-hybridized carbons (Fsp3) is 0.524. The van der Waals surface area contributed by atoms with Gasteiger partial charge in [0.15, 0.2) is 0 Å². The lowest BCUT2D eigenvalue weighted by atomic mass is 10.1. The fourth-order valence-corrected chi connectivity index (χ4v) is 4.83. The van der Waals surface area contributed by atoms with Gasteiger partial charge in [-0.25, -0.2) is 8.78 Å². The first kappa shape index (κ1) is 24.5. The second-order valence-corrected chi connectivity index (χ2v) is 10.9. The zero-order valence-electron chi connectivity index (χ0n) is 18.9. The number of hydrogen-bond donors (Lipinski definition) is 0. The van der Waals surface area contributed by atoms with E-state index in [1.165, 1.54) is 24.6 Å². The quantitative estimate of drug-likeness (QED) is 0.546. The Balaban J connectivity index is 1.67. The first-order valence-electron chi connectivity index (χ1n) is 10.8. The van der Waals surface area contributed by atoms with Crippen LogP contribution in [0, 0.1) is 17.0 Å². The summed E-state index contributed by atoms with van der Waals surface area (Å²) >= 11 is 0. The van der Waals surface area contributed by atoms with E-state index in [1.54, 1.807) is 4.90 Å². The van der Waals surface area contributed by atoms with Crippen LogP contribution in [0.25, 0.3) is 5.69 Å². The third kappa shape index (κ3) is 4.77. The van der Waals surface area contributed by atoms with E-state index >= 15 is 0 Å². The Bertz CT molecular complexity index is 1210. The van der Waals surface area contributed by atoms with Crippen molar-refractivity contribution < 1.29 is 26.3 Å². The van der Waals surface area contributed by atoms with Crippen molar-refractivity contribution in [3.05, 3.63) is 46.4 Å². The first-order valence-corrected chi connectivity index (χ1v) is 12.2. The number of halogens is 3. The number of hydrogen-bond acceptors (Lipinski definition) is 6. The molecule has 9 nitrogen and oxygen atoms in total. The normalized spacial score (nSPS) is 18.4. The highest BCUT2D eigenvalue weighted by atomic mass is 32.2. The molecule has 0 radical (unpaired) electrons. The van der Waals surface area contributed by atoms with Gasteiger partial charge in [0.05, 0.1) is 25.2 Å². The van der Waals surface area contributed by atoms with Gasteiger partial charge in [-0.05, 0) is 25.0 Å². The van der Waals surface area contributed by atoms with E-state index in [4.69, 9.17) is 4.74 Å². The molecule has 4 rings (SSSR count). The van der Waals surface area contributed by atoms with Gasteiger partial charge >= 0.3 is 5.56 Å². The van der Waals surface area contributed by atoms with Gasteiger partial charge in [0.2, 0.25) is 5.75 Å². The molecule has 1 saturated carbocycles. The molecule has 13 heteroatoms. The Kier molecular flexibility index (Phi) is 6.62. The maximum absolute atomic E-state index is 13.7. The lowest BCUT2D eigenvalue weighted by Crippen LogP contribution is -2.52. The van der Waals surface area contributed by atoms with Gasteiger partial charge in [-0.15, -0.1) is 0 Å². The average molecular weight is 502 g/mol. The summed E-state index contributed by atoms with van der Waals surface area (Å²) in [5.74, 6) is -1.87. The highest BCUT2D eigenvalue weighted by molar-refractivity contribution is 7.86. The SMILES string of the molecule is CN(C)S(=O)(=O)N1CCN(c2cnn(-c3cc(F)cc(F)c3)c(=O)c2OCC2(CF)CC2)CC1. The summed E-state index contributed by atoms with van der Waals surface area (Å²) in [7, 11) is -0.686. The lowest BCUT2D eigenvalue weighted by Gasteiger charge is -2.36. The molecule has 0 N–H and O–H groups in total. The Morgan fingerprint density at radius 1 is 1.09 bits per heavy atom. The molecule has 2 aromatic rings. The molecule has 2 heterocycles. The second-order valence-electron chi connectivity index (χ2n) is 8.80. The summed E-state index contributed by atoms with van der Waals surface area (Å²) < 4.78 is 74.8. The number of aromatic nitrogens is 2. The van der Waals surface area contributed by atoms with Gasteiger partial charge in [-0.3, -0.25) is 9.18 Å². The highest BCUT2D eigenvalue weighted by Crippen LogP contribution is 2.46. The molecule has 2 aliphatic rings. The largest absolute Gasteiger partial charge is 0.486 e. The zero-order chi connectivity index (χ0) is 24.7. The smallest absolute Gasteiger partial charge is 0.316 e. The van der Waals surface area contributed by atoms with Crippen molar-refractivity contribution >= 4 is 15.9 Å². The second kappa shape index (κ2) is 9.19. The monoisotopic (exact) mass is 501 g/mol. The third-order valence-corrected chi connectivity index (χ3v) is 8.08. The van der Waals surface area contributed by atoms with Crippen LogP contribution in [0.3, 0.4) is 0 Å². The standard InChI is InChI=1S/C21H26F3N5O4S/c1-26(2)34(31,32)28-7-5-27(6-8-28)18-12-25-29(17-10-15(23)9-16(24)11-17)20(30)19(18)33-14-21(13-22)3-4-21/h9-12H,3-8,13-14H2,1-2H3. The predicted molar refractivity (Wildman–Crippen MR) is 119 cm³/mol. The Morgan fingerprint density at radius 3 is 2.24 bits per heavy atom. The lowest BCUT2D eigenvalue weighted by molar-refractivity contribution is 0.197. The van der Waals surface area contributed by atoms with E-state index in [2.05, 4.69) is 5.10 Å². The van der Waals surface area contributed by atoms with Crippen LogP contribution in [-0.2, 0) is 10.2 Å². The van der Waals surface area contributed by atoms with Crippen LogP contribution in [0.4, 0.5) is 18.9 Å². The van der Waals surface area contributed by atoms with E-state index < -0.39 is 39.5 Å². The molecule has 186 valence electrons. The number of benzene rings is 1. The number of alkyl halides is 1. The van der Waals surface area contributed by atoms with Crippen molar-refractivity contribution in [2.45, 2.75) is 12.8 Å². The number of piperazine rings is 1. The van der Waals surface area contributed by atoms with Crippen molar-refractivity contribution in [1.82, 2.24) is 18.4 Å². The number of nitrogens with zero attached hydrogens (tertiary/aromatic N) is 5. The van der Waals surface area contributed by atoms with Crippen LogP contribution in [-0.4, -0.2) is 80.4 Å². The fourth-order valence-electron chi connectivity index (χ4n) is 3.74. The first-order chi connectivity index (χ1) is 16.1. The van der Waals surface area contributed by atoms with Gasteiger partial charge in [0.25, 0.3) is 10.2 Å². The maximum Gasteiger partial charge on any atom is 0.316 e. The Labute approximate surface area is 195 Å². The van der Waals surface area contributed by atoms with Crippen molar-refractivity contribution in [2.75, 3.05) is 58.5 Å². The zero-order valence-corrected chi connectivity index (χ0v) is 19.7. The summed E-state index contributed by atoms with van der Waals surface area (Å²) in [5.41, 5.74) is -1.19. The molecule has 0 unspecified atom stereocenters. The van der Waals surface area contributed by atoms with Gasteiger partial charge in [-0.1, -0.05) is 0 Å². The summed E-state index contributed by atoms with van der Waals surface area (Å²) in [4.78, 5) is 15.1. The van der Waals surface area contributed by atoms with Crippen LogP contribution in [0.1, 0.15) is 12.8 Å². The molecule has 34 heavy (non-hydrogen) atoms. The van der Waals surface area contributed by atoms with Crippen molar-refractivity contribution in [2.24, 2.45) is 5.41 Å². The molecule has 0 bridgehead atoms. The topological polar surface area (TPSA) is 88.0 Å². The highest BCUT2D eigenvalue weighted by Gasteiger charge is 2.44.